The van der Waals surface area contributed by atoms with Crippen molar-refractivity contribution in [3.05, 3.63) is 27.7 Å². The maximum absolute atomic E-state index is 11.1. The van der Waals surface area contributed by atoms with Gasteiger partial charge in [0.25, 0.3) is 0 Å². The van der Waals surface area contributed by atoms with Crippen molar-refractivity contribution in [3.8, 4) is 0 Å². The van der Waals surface area contributed by atoms with Crippen molar-refractivity contribution in [2.45, 2.75) is 25.8 Å². The normalized spacial score (nSPS) is 16.6. The number of carboxylic acids is 1. The first-order valence-corrected chi connectivity index (χ1v) is 6.19. The molecule has 1 unspecified atom stereocenters. The number of carboxylic acid groups (broad SMARTS) is 1. The van der Waals surface area contributed by atoms with Gasteiger partial charge in [-0.1, -0.05) is 23.2 Å². The number of benzene rings is 1. The van der Waals surface area contributed by atoms with Crippen LogP contribution in [0.25, 0.3) is 0 Å². The molecule has 1 aromatic carbocycles. The summed E-state index contributed by atoms with van der Waals surface area (Å²) in [5.74, 6) is -0.649. The summed E-state index contributed by atoms with van der Waals surface area (Å²) in [5, 5.41) is 13.2. The molecule has 1 aliphatic carbocycles. The van der Waals surface area contributed by atoms with Gasteiger partial charge >= 0.3 is 5.97 Å². The van der Waals surface area contributed by atoms with Crippen LogP contribution in [0.1, 0.15) is 18.4 Å². The Morgan fingerprint density at radius 3 is 2.59 bits per heavy atom. The summed E-state index contributed by atoms with van der Waals surface area (Å²) in [5.41, 5.74) is 1.46. The first-order valence-electron chi connectivity index (χ1n) is 5.44. The summed E-state index contributed by atoms with van der Waals surface area (Å²) in [6.07, 6.45) is 1.89. The Morgan fingerprint density at radius 2 is 2.06 bits per heavy atom. The van der Waals surface area contributed by atoms with Crippen LogP contribution < -0.4 is 5.32 Å². The van der Waals surface area contributed by atoms with Gasteiger partial charge in [0, 0.05) is 5.02 Å². The fraction of sp³-hybridized carbons (Fsp3) is 0.417. The molecule has 1 fully saturated rings. The Labute approximate surface area is 110 Å². The minimum atomic E-state index is -0.847. The molecule has 92 valence electrons. The summed E-state index contributed by atoms with van der Waals surface area (Å²) >= 11 is 12.1. The van der Waals surface area contributed by atoms with Crippen LogP contribution in [0.3, 0.4) is 0 Å². The smallest absolute Gasteiger partial charge is 0.326 e. The van der Waals surface area contributed by atoms with Gasteiger partial charge in [0.1, 0.15) is 6.04 Å². The second kappa shape index (κ2) is 4.75. The van der Waals surface area contributed by atoms with Crippen LogP contribution in [0.2, 0.25) is 10.0 Å². The molecular formula is C12H13Cl2NO2. The number of aliphatic carboxylic acids is 1. The molecule has 2 N–H and O–H groups in total. The number of anilines is 1. The molecular weight excluding hydrogens is 261 g/mol. The van der Waals surface area contributed by atoms with Gasteiger partial charge in [-0.2, -0.15) is 0 Å². The molecule has 3 nitrogen and oxygen atoms in total. The first-order chi connectivity index (χ1) is 7.99. The maximum Gasteiger partial charge on any atom is 0.326 e. The van der Waals surface area contributed by atoms with E-state index in [4.69, 9.17) is 28.3 Å². The third kappa shape index (κ3) is 2.85. The SMILES string of the molecule is Cc1cc(Cl)c(NC(C(=O)O)C2CC2)cc1Cl. The molecule has 1 atom stereocenters. The number of rotatable bonds is 4. The lowest BCUT2D eigenvalue weighted by molar-refractivity contribution is -0.138. The number of carbonyl (C=O) groups is 1. The van der Waals surface area contributed by atoms with E-state index in [2.05, 4.69) is 5.32 Å². The van der Waals surface area contributed by atoms with Crippen LogP contribution in [-0.2, 0) is 4.79 Å². The summed E-state index contributed by atoms with van der Waals surface area (Å²) < 4.78 is 0. The summed E-state index contributed by atoms with van der Waals surface area (Å²) in [7, 11) is 0. The van der Waals surface area contributed by atoms with E-state index in [1.165, 1.54) is 0 Å². The zero-order chi connectivity index (χ0) is 12.6. The molecule has 1 saturated carbocycles. The molecule has 5 heteroatoms. The molecule has 17 heavy (non-hydrogen) atoms. The Morgan fingerprint density at radius 1 is 1.41 bits per heavy atom. The van der Waals surface area contributed by atoms with E-state index in [0.29, 0.717) is 15.7 Å². The van der Waals surface area contributed by atoms with Crippen LogP contribution in [-0.4, -0.2) is 17.1 Å². The average molecular weight is 274 g/mol. The van der Waals surface area contributed by atoms with Crippen molar-refractivity contribution in [2.75, 3.05) is 5.32 Å². The van der Waals surface area contributed by atoms with Crippen molar-refractivity contribution in [1.82, 2.24) is 0 Å². The lowest BCUT2D eigenvalue weighted by Gasteiger charge is -2.16. The van der Waals surface area contributed by atoms with Crippen molar-refractivity contribution < 1.29 is 9.90 Å². The van der Waals surface area contributed by atoms with Gasteiger partial charge in [0.2, 0.25) is 0 Å². The minimum absolute atomic E-state index is 0.198. The minimum Gasteiger partial charge on any atom is -0.480 e. The molecule has 0 amide bonds. The zero-order valence-electron chi connectivity index (χ0n) is 9.34. The van der Waals surface area contributed by atoms with E-state index in [9.17, 15) is 4.79 Å². The standard InChI is InChI=1S/C12H13Cl2NO2/c1-6-4-9(14)10(5-8(6)13)15-11(12(16)17)7-2-3-7/h4-5,7,11,15H,2-3H2,1H3,(H,16,17). The van der Waals surface area contributed by atoms with Crippen molar-refractivity contribution in [3.63, 3.8) is 0 Å². The van der Waals surface area contributed by atoms with Crippen LogP contribution in [0.4, 0.5) is 5.69 Å². The highest BCUT2D eigenvalue weighted by Crippen LogP contribution is 2.36. The molecule has 0 spiro atoms. The topological polar surface area (TPSA) is 49.3 Å². The molecule has 0 aromatic heterocycles. The van der Waals surface area contributed by atoms with Crippen molar-refractivity contribution >= 4 is 34.9 Å². The quantitative estimate of drug-likeness (QED) is 0.882. The molecule has 0 radical (unpaired) electrons. The van der Waals surface area contributed by atoms with Gasteiger partial charge in [-0.3, -0.25) is 0 Å². The molecule has 0 saturated heterocycles. The highest BCUT2D eigenvalue weighted by molar-refractivity contribution is 6.35. The van der Waals surface area contributed by atoms with Crippen LogP contribution in [0.5, 0.6) is 0 Å². The molecule has 0 bridgehead atoms. The van der Waals surface area contributed by atoms with Gasteiger partial charge in [0.05, 0.1) is 10.7 Å². The van der Waals surface area contributed by atoms with Crippen LogP contribution >= 0.6 is 23.2 Å². The Hall–Kier alpha value is -0.930. The number of hydrogen-bond acceptors (Lipinski definition) is 2. The van der Waals surface area contributed by atoms with Gasteiger partial charge in [-0.15, -0.1) is 0 Å². The predicted molar refractivity (Wildman–Crippen MR) is 69.0 cm³/mol. The van der Waals surface area contributed by atoms with E-state index in [-0.39, 0.29) is 5.92 Å². The lowest BCUT2D eigenvalue weighted by Crippen LogP contribution is -2.31. The Kier molecular flexibility index (Phi) is 3.50. The molecule has 2 rings (SSSR count). The summed E-state index contributed by atoms with van der Waals surface area (Å²) in [6.45, 7) is 1.85. The summed E-state index contributed by atoms with van der Waals surface area (Å²) in [4.78, 5) is 11.1. The van der Waals surface area contributed by atoms with E-state index in [1.54, 1.807) is 12.1 Å². The average Bonchev–Trinajstić information content (AvgIpc) is 3.04. The van der Waals surface area contributed by atoms with Gasteiger partial charge in [-0.05, 0) is 43.4 Å². The van der Waals surface area contributed by atoms with E-state index < -0.39 is 12.0 Å². The number of aryl methyl sites for hydroxylation is 1. The molecule has 0 heterocycles. The van der Waals surface area contributed by atoms with Crippen LogP contribution in [0, 0.1) is 12.8 Å². The number of hydrogen-bond donors (Lipinski definition) is 2. The highest BCUT2D eigenvalue weighted by Gasteiger charge is 2.36. The zero-order valence-corrected chi connectivity index (χ0v) is 10.8. The Balaban J connectivity index is 2.22. The first kappa shape index (κ1) is 12.5. The Bertz CT molecular complexity index is 458. The van der Waals surface area contributed by atoms with E-state index >= 15 is 0 Å². The summed E-state index contributed by atoms with van der Waals surface area (Å²) in [6, 6.07) is 2.83. The molecule has 1 aliphatic rings. The van der Waals surface area contributed by atoms with Gasteiger partial charge < -0.3 is 10.4 Å². The number of halogens is 2. The number of nitrogens with one attached hydrogen (secondary N) is 1. The third-order valence-corrected chi connectivity index (χ3v) is 3.64. The van der Waals surface area contributed by atoms with E-state index in [0.717, 1.165) is 18.4 Å². The highest BCUT2D eigenvalue weighted by atomic mass is 35.5. The van der Waals surface area contributed by atoms with Gasteiger partial charge in [-0.25, -0.2) is 4.79 Å². The van der Waals surface area contributed by atoms with Gasteiger partial charge in [0.15, 0.2) is 0 Å². The maximum atomic E-state index is 11.1. The lowest BCUT2D eigenvalue weighted by atomic mass is 10.1. The third-order valence-electron chi connectivity index (χ3n) is 2.92. The molecule has 0 aliphatic heterocycles. The monoisotopic (exact) mass is 273 g/mol. The largest absolute Gasteiger partial charge is 0.480 e. The second-order valence-corrected chi connectivity index (χ2v) is 5.19. The van der Waals surface area contributed by atoms with E-state index in [1.807, 2.05) is 6.92 Å². The predicted octanol–water partition coefficient (Wildman–Crippen LogP) is 3.58. The van der Waals surface area contributed by atoms with Crippen molar-refractivity contribution in [2.24, 2.45) is 5.92 Å². The molecule has 1 aromatic rings. The second-order valence-electron chi connectivity index (χ2n) is 4.38. The fourth-order valence-electron chi connectivity index (χ4n) is 1.74. The fourth-order valence-corrected chi connectivity index (χ4v) is 2.17. The van der Waals surface area contributed by atoms with Crippen LogP contribution in [0.15, 0.2) is 12.1 Å². The van der Waals surface area contributed by atoms with Crippen molar-refractivity contribution in [1.29, 1.82) is 0 Å².